The molecule has 0 unspecified atom stereocenters. The van der Waals surface area contributed by atoms with Crippen LogP contribution >= 0.6 is 11.6 Å². The molecule has 0 saturated heterocycles. The number of rotatable bonds is 4. The Bertz CT molecular complexity index is 581. The molecule has 18 heavy (non-hydrogen) atoms. The molecule has 2 aromatic rings. The first kappa shape index (κ1) is 12.4. The summed E-state index contributed by atoms with van der Waals surface area (Å²) in [7, 11) is 0. The zero-order chi connectivity index (χ0) is 13.0. The van der Waals surface area contributed by atoms with Crippen molar-refractivity contribution in [2.24, 2.45) is 0 Å². The van der Waals surface area contributed by atoms with E-state index in [0.29, 0.717) is 12.4 Å². The molecule has 0 spiro atoms. The zero-order valence-corrected chi connectivity index (χ0v) is 10.4. The summed E-state index contributed by atoms with van der Waals surface area (Å²) in [6.45, 7) is 2.51. The summed E-state index contributed by atoms with van der Waals surface area (Å²) >= 11 is 5.77. The number of nitrogens with zero attached hydrogens (tertiary/aromatic N) is 1. The van der Waals surface area contributed by atoms with Crippen LogP contribution in [0.4, 0.5) is 0 Å². The van der Waals surface area contributed by atoms with Gasteiger partial charge in [0.2, 0.25) is 5.88 Å². The maximum absolute atomic E-state index is 11.2. The van der Waals surface area contributed by atoms with Gasteiger partial charge in [-0.3, -0.25) is 4.79 Å². The van der Waals surface area contributed by atoms with Gasteiger partial charge in [-0.15, -0.1) is 0 Å². The van der Waals surface area contributed by atoms with Crippen molar-refractivity contribution >= 4 is 11.6 Å². The maximum Gasteiger partial charge on any atom is 0.273 e. The van der Waals surface area contributed by atoms with Crippen molar-refractivity contribution in [3.05, 3.63) is 46.0 Å². The summed E-state index contributed by atoms with van der Waals surface area (Å²) in [6.07, 6.45) is 1.23. The van der Waals surface area contributed by atoms with Gasteiger partial charge >= 0.3 is 0 Å². The fourth-order valence-electron chi connectivity index (χ4n) is 1.32. The third-order valence-electron chi connectivity index (χ3n) is 2.11. The molecule has 0 radical (unpaired) electrons. The lowest BCUT2D eigenvalue weighted by Crippen LogP contribution is -2.07. The topological polar surface area (TPSA) is 64.2 Å². The van der Waals surface area contributed by atoms with Gasteiger partial charge in [-0.05, 0) is 31.2 Å². The van der Waals surface area contributed by atoms with E-state index in [9.17, 15) is 4.79 Å². The van der Waals surface area contributed by atoms with Crippen molar-refractivity contribution < 1.29 is 9.47 Å². The fourth-order valence-corrected chi connectivity index (χ4v) is 1.46. The van der Waals surface area contributed by atoms with Gasteiger partial charge in [0.05, 0.1) is 12.9 Å². The van der Waals surface area contributed by atoms with Crippen LogP contribution in [0.15, 0.2) is 35.4 Å². The summed E-state index contributed by atoms with van der Waals surface area (Å²) in [6, 6.07) is 6.95. The lowest BCUT2D eigenvalue weighted by molar-refractivity contribution is 0.339. The van der Waals surface area contributed by atoms with E-state index in [0.717, 1.165) is 5.75 Å². The Labute approximate surface area is 108 Å². The van der Waals surface area contributed by atoms with Crippen molar-refractivity contribution in [1.29, 1.82) is 0 Å². The van der Waals surface area contributed by atoms with Gasteiger partial charge in [-0.2, -0.15) is 0 Å². The second kappa shape index (κ2) is 5.55. The first-order chi connectivity index (χ1) is 8.70. The van der Waals surface area contributed by atoms with E-state index in [2.05, 4.69) is 9.97 Å². The molecule has 0 atom stereocenters. The largest absolute Gasteiger partial charge is 0.494 e. The molecular weight excluding hydrogens is 256 g/mol. The van der Waals surface area contributed by atoms with E-state index in [1.54, 1.807) is 24.3 Å². The quantitative estimate of drug-likeness (QED) is 0.924. The molecule has 94 valence electrons. The number of hydrogen-bond donors (Lipinski definition) is 1. The maximum atomic E-state index is 11.2. The number of H-pyrrole nitrogens is 1. The summed E-state index contributed by atoms with van der Waals surface area (Å²) < 4.78 is 10.7. The smallest absolute Gasteiger partial charge is 0.273 e. The normalized spacial score (nSPS) is 10.1. The molecular formula is C12H11ClN2O3. The molecule has 5 nitrogen and oxygen atoms in total. The molecule has 0 bridgehead atoms. The van der Waals surface area contributed by atoms with Gasteiger partial charge in [0, 0.05) is 0 Å². The highest BCUT2D eigenvalue weighted by Gasteiger charge is 2.08. The molecule has 1 N–H and O–H groups in total. The molecule has 0 amide bonds. The number of nitrogens with one attached hydrogen (secondary N) is 1. The van der Waals surface area contributed by atoms with Crippen molar-refractivity contribution in [3.63, 3.8) is 0 Å². The molecule has 6 heteroatoms. The fraction of sp³-hybridized carbons (Fsp3) is 0.167. The lowest BCUT2D eigenvalue weighted by Gasteiger charge is -2.06. The second-order valence-electron chi connectivity index (χ2n) is 3.36. The molecule has 0 saturated carbocycles. The molecule has 2 rings (SSSR count). The highest BCUT2D eigenvalue weighted by atomic mass is 35.5. The van der Waals surface area contributed by atoms with Crippen molar-refractivity contribution in [1.82, 2.24) is 9.97 Å². The van der Waals surface area contributed by atoms with E-state index in [1.165, 1.54) is 6.33 Å². The van der Waals surface area contributed by atoms with Crippen LogP contribution in [0.1, 0.15) is 6.92 Å². The van der Waals surface area contributed by atoms with Crippen LogP contribution in [0.3, 0.4) is 0 Å². The molecule has 0 fully saturated rings. The van der Waals surface area contributed by atoms with E-state index in [-0.39, 0.29) is 10.9 Å². The van der Waals surface area contributed by atoms with Gasteiger partial charge in [0.15, 0.2) is 5.02 Å². The average molecular weight is 267 g/mol. The molecule has 1 aromatic carbocycles. The summed E-state index contributed by atoms with van der Waals surface area (Å²) in [4.78, 5) is 17.4. The molecule has 1 aromatic heterocycles. The number of halogens is 1. The van der Waals surface area contributed by atoms with Crippen LogP contribution in [0, 0.1) is 0 Å². The Morgan fingerprint density at radius 3 is 2.61 bits per heavy atom. The van der Waals surface area contributed by atoms with Crippen LogP contribution in [0.25, 0.3) is 0 Å². The second-order valence-corrected chi connectivity index (χ2v) is 3.74. The Morgan fingerprint density at radius 2 is 1.94 bits per heavy atom. The van der Waals surface area contributed by atoms with E-state index in [1.807, 2.05) is 6.92 Å². The Hall–Kier alpha value is -2.01. The Balaban J connectivity index is 2.18. The monoisotopic (exact) mass is 266 g/mol. The molecule has 1 heterocycles. The third kappa shape index (κ3) is 2.81. The zero-order valence-electron chi connectivity index (χ0n) is 9.64. The third-order valence-corrected chi connectivity index (χ3v) is 2.45. The molecule has 0 aliphatic carbocycles. The standard InChI is InChI=1S/C12H11ClN2O3/c1-2-17-8-3-5-9(6-4-8)18-12-10(13)11(16)14-7-15-12/h3-7H,2H2,1H3,(H,14,15,16). The minimum absolute atomic E-state index is 0.0737. The van der Waals surface area contributed by atoms with Crippen molar-refractivity contribution in [2.75, 3.05) is 6.61 Å². The van der Waals surface area contributed by atoms with Gasteiger partial charge in [0.1, 0.15) is 11.5 Å². The molecule has 0 aliphatic rings. The van der Waals surface area contributed by atoms with Crippen LogP contribution in [0.5, 0.6) is 17.4 Å². The number of aromatic nitrogens is 2. The van der Waals surface area contributed by atoms with Gasteiger partial charge in [0.25, 0.3) is 5.56 Å². The van der Waals surface area contributed by atoms with Crippen molar-refractivity contribution in [2.45, 2.75) is 6.92 Å². The summed E-state index contributed by atoms with van der Waals surface area (Å²) in [5, 5.41) is -0.0774. The Morgan fingerprint density at radius 1 is 1.28 bits per heavy atom. The lowest BCUT2D eigenvalue weighted by atomic mass is 10.3. The summed E-state index contributed by atoms with van der Waals surface area (Å²) in [5.41, 5.74) is -0.437. The highest BCUT2D eigenvalue weighted by molar-refractivity contribution is 6.31. The minimum atomic E-state index is -0.437. The highest BCUT2D eigenvalue weighted by Crippen LogP contribution is 2.25. The predicted octanol–water partition coefficient (Wildman–Crippen LogP) is 2.61. The number of aromatic amines is 1. The van der Waals surface area contributed by atoms with Crippen LogP contribution in [-0.4, -0.2) is 16.6 Å². The van der Waals surface area contributed by atoms with Crippen LogP contribution in [-0.2, 0) is 0 Å². The van der Waals surface area contributed by atoms with E-state index in [4.69, 9.17) is 21.1 Å². The SMILES string of the molecule is CCOc1ccc(Oc2nc[nH]c(=O)c2Cl)cc1. The number of ether oxygens (including phenoxy) is 2. The van der Waals surface area contributed by atoms with Crippen molar-refractivity contribution in [3.8, 4) is 17.4 Å². The minimum Gasteiger partial charge on any atom is -0.494 e. The van der Waals surface area contributed by atoms with Crippen LogP contribution in [0.2, 0.25) is 5.02 Å². The summed E-state index contributed by atoms with van der Waals surface area (Å²) in [5.74, 6) is 1.35. The first-order valence-corrected chi connectivity index (χ1v) is 5.72. The van der Waals surface area contributed by atoms with Gasteiger partial charge < -0.3 is 14.5 Å². The van der Waals surface area contributed by atoms with Gasteiger partial charge in [-0.25, -0.2) is 4.98 Å². The molecule has 0 aliphatic heterocycles. The Kier molecular flexibility index (Phi) is 3.84. The number of hydrogen-bond acceptors (Lipinski definition) is 4. The first-order valence-electron chi connectivity index (χ1n) is 5.34. The predicted molar refractivity (Wildman–Crippen MR) is 67.6 cm³/mol. The number of benzene rings is 1. The average Bonchev–Trinajstić information content (AvgIpc) is 2.38. The van der Waals surface area contributed by atoms with E-state index >= 15 is 0 Å². The van der Waals surface area contributed by atoms with Crippen LogP contribution < -0.4 is 15.0 Å². The van der Waals surface area contributed by atoms with Gasteiger partial charge in [-0.1, -0.05) is 11.6 Å². The van der Waals surface area contributed by atoms with E-state index < -0.39 is 5.56 Å².